The topological polar surface area (TPSA) is 120 Å². The molecule has 0 saturated heterocycles. The number of fused-ring (bicyclic) bond motifs is 1. The minimum absolute atomic E-state index is 0.261. The standard InChI is InChI=1S/C17H18N4O3S/c1-3-24-17(23)10-8(2)21-16-12(13(18)14(25-16)15(19)22)11(10)9-4-6-20-7-5-9/h4-7,11,21H,3,18H2,1-2H3,(H2,19,22). The molecule has 0 aromatic carbocycles. The summed E-state index contributed by atoms with van der Waals surface area (Å²) < 4.78 is 5.23. The number of nitrogen functional groups attached to an aromatic ring is 1. The molecule has 1 aliphatic heterocycles. The lowest BCUT2D eigenvalue weighted by molar-refractivity contribution is -0.138. The van der Waals surface area contributed by atoms with E-state index in [1.807, 2.05) is 12.1 Å². The first-order valence-electron chi connectivity index (χ1n) is 7.72. The summed E-state index contributed by atoms with van der Waals surface area (Å²) in [7, 11) is 0. The van der Waals surface area contributed by atoms with Crippen molar-refractivity contribution in [3.8, 4) is 0 Å². The van der Waals surface area contributed by atoms with Gasteiger partial charge in [-0.25, -0.2) is 4.79 Å². The zero-order valence-electron chi connectivity index (χ0n) is 13.8. The van der Waals surface area contributed by atoms with Crippen molar-refractivity contribution in [1.82, 2.24) is 4.98 Å². The number of aromatic nitrogens is 1. The Balaban J connectivity index is 2.24. The first-order valence-corrected chi connectivity index (χ1v) is 8.54. The lowest BCUT2D eigenvalue weighted by atomic mass is 9.82. The van der Waals surface area contributed by atoms with Crippen LogP contribution in [0, 0.1) is 0 Å². The number of hydrogen-bond acceptors (Lipinski definition) is 7. The van der Waals surface area contributed by atoms with E-state index in [0.29, 0.717) is 21.8 Å². The molecule has 1 aliphatic rings. The number of primary amides is 1. The van der Waals surface area contributed by atoms with Crippen molar-refractivity contribution < 1.29 is 14.3 Å². The molecule has 1 atom stereocenters. The summed E-state index contributed by atoms with van der Waals surface area (Å²) in [4.78, 5) is 28.6. The van der Waals surface area contributed by atoms with E-state index in [0.717, 1.165) is 5.56 Å². The molecule has 2 aromatic heterocycles. The van der Waals surface area contributed by atoms with Crippen molar-refractivity contribution in [3.05, 3.63) is 51.8 Å². The van der Waals surface area contributed by atoms with Crippen LogP contribution >= 0.6 is 11.3 Å². The molecule has 2 aromatic rings. The zero-order chi connectivity index (χ0) is 18.1. The number of rotatable bonds is 4. The molecule has 3 rings (SSSR count). The second-order valence-electron chi connectivity index (χ2n) is 5.55. The number of ether oxygens (including phenoxy) is 1. The number of carbonyl (C=O) groups is 2. The van der Waals surface area contributed by atoms with E-state index in [1.165, 1.54) is 11.3 Å². The molecule has 25 heavy (non-hydrogen) atoms. The van der Waals surface area contributed by atoms with Gasteiger partial charge in [0.25, 0.3) is 5.91 Å². The summed E-state index contributed by atoms with van der Waals surface area (Å²) in [5.74, 6) is -1.48. The summed E-state index contributed by atoms with van der Waals surface area (Å²) in [5.41, 5.74) is 14.6. The number of nitrogens with zero attached hydrogens (tertiary/aromatic N) is 1. The van der Waals surface area contributed by atoms with Crippen molar-refractivity contribution in [2.75, 3.05) is 17.7 Å². The summed E-state index contributed by atoms with van der Waals surface area (Å²) in [6.45, 7) is 3.81. The van der Waals surface area contributed by atoms with Gasteiger partial charge in [-0.3, -0.25) is 9.78 Å². The predicted octanol–water partition coefficient (Wildman–Crippen LogP) is 2.22. The number of amides is 1. The van der Waals surface area contributed by atoms with Gasteiger partial charge in [0.1, 0.15) is 4.88 Å². The van der Waals surface area contributed by atoms with Gasteiger partial charge in [-0.15, -0.1) is 11.3 Å². The first-order chi connectivity index (χ1) is 12.0. The highest BCUT2D eigenvalue weighted by Crippen LogP contribution is 2.49. The molecule has 0 radical (unpaired) electrons. The SMILES string of the molecule is CCOC(=O)C1=C(C)Nc2sc(C(N)=O)c(N)c2C1c1ccncc1. The number of nitrogens with two attached hydrogens (primary N) is 2. The lowest BCUT2D eigenvalue weighted by Crippen LogP contribution is -2.24. The maximum Gasteiger partial charge on any atom is 0.336 e. The third-order valence-corrected chi connectivity index (χ3v) is 5.18. The fourth-order valence-corrected chi connectivity index (χ4v) is 4.05. The largest absolute Gasteiger partial charge is 0.463 e. The molecule has 0 fully saturated rings. The Kier molecular flexibility index (Phi) is 4.45. The molecule has 5 N–H and O–H groups in total. The van der Waals surface area contributed by atoms with Crippen molar-refractivity contribution in [3.63, 3.8) is 0 Å². The predicted molar refractivity (Wildman–Crippen MR) is 96.3 cm³/mol. The van der Waals surface area contributed by atoms with Gasteiger partial charge >= 0.3 is 5.97 Å². The Bertz CT molecular complexity index is 874. The van der Waals surface area contributed by atoms with Crippen LogP contribution in [-0.4, -0.2) is 23.5 Å². The monoisotopic (exact) mass is 358 g/mol. The molecule has 0 aliphatic carbocycles. The minimum Gasteiger partial charge on any atom is -0.463 e. The van der Waals surface area contributed by atoms with Crippen LogP contribution in [0.4, 0.5) is 10.7 Å². The van der Waals surface area contributed by atoms with Crippen LogP contribution in [0.5, 0.6) is 0 Å². The van der Waals surface area contributed by atoms with Gasteiger partial charge in [-0.1, -0.05) is 0 Å². The van der Waals surface area contributed by atoms with Gasteiger partial charge in [0, 0.05) is 29.6 Å². The molecule has 8 heteroatoms. The second kappa shape index (κ2) is 6.56. The molecule has 130 valence electrons. The Morgan fingerprint density at radius 1 is 1.36 bits per heavy atom. The van der Waals surface area contributed by atoms with Crippen LogP contribution in [0.2, 0.25) is 0 Å². The van der Waals surface area contributed by atoms with E-state index in [9.17, 15) is 9.59 Å². The van der Waals surface area contributed by atoms with E-state index in [-0.39, 0.29) is 17.2 Å². The van der Waals surface area contributed by atoms with E-state index >= 15 is 0 Å². The number of esters is 1. The van der Waals surface area contributed by atoms with Crippen molar-refractivity contribution >= 4 is 33.9 Å². The molecule has 0 saturated carbocycles. The van der Waals surface area contributed by atoms with Gasteiger partial charge in [-0.2, -0.15) is 0 Å². The van der Waals surface area contributed by atoms with E-state index in [4.69, 9.17) is 16.2 Å². The fourth-order valence-electron chi connectivity index (χ4n) is 2.99. The summed E-state index contributed by atoms with van der Waals surface area (Å²) >= 11 is 1.19. The number of nitrogens with one attached hydrogen (secondary N) is 1. The molecule has 1 amide bonds. The highest BCUT2D eigenvalue weighted by atomic mass is 32.1. The average Bonchev–Trinajstić information content (AvgIpc) is 2.91. The summed E-state index contributed by atoms with van der Waals surface area (Å²) in [6, 6.07) is 3.63. The molecular weight excluding hydrogens is 340 g/mol. The number of hydrogen-bond donors (Lipinski definition) is 3. The number of thiophene rings is 1. The maximum absolute atomic E-state index is 12.6. The molecule has 0 bridgehead atoms. The third kappa shape index (κ3) is 2.85. The number of allylic oxidation sites excluding steroid dienone is 1. The van der Waals surface area contributed by atoms with Gasteiger partial charge in [-0.05, 0) is 31.5 Å². The zero-order valence-corrected chi connectivity index (χ0v) is 14.6. The van der Waals surface area contributed by atoms with Gasteiger partial charge in [0.2, 0.25) is 0 Å². The van der Waals surface area contributed by atoms with E-state index < -0.39 is 17.8 Å². The van der Waals surface area contributed by atoms with Crippen molar-refractivity contribution in [2.45, 2.75) is 19.8 Å². The van der Waals surface area contributed by atoms with Gasteiger partial charge in [0.15, 0.2) is 0 Å². The molecule has 7 nitrogen and oxygen atoms in total. The molecule has 3 heterocycles. The van der Waals surface area contributed by atoms with E-state index in [1.54, 1.807) is 26.2 Å². The fraction of sp³-hybridized carbons (Fsp3) is 0.235. The number of carbonyl (C=O) groups excluding carboxylic acids is 2. The normalized spacial score (nSPS) is 16.2. The summed E-state index contributed by atoms with van der Waals surface area (Å²) in [6.07, 6.45) is 3.29. The highest BCUT2D eigenvalue weighted by Gasteiger charge is 2.37. The van der Waals surface area contributed by atoms with Crippen LogP contribution in [0.1, 0.15) is 40.6 Å². The maximum atomic E-state index is 12.6. The quantitative estimate of drug-likeness (QED) is 0.721. The molecule has 0 spiro atoms. The van der Waals surface area contributed by atoms with Crippen molar-refractivity contribution in [1.29, 1.82) is 0 Å². The molecule has 1 unspecified atom stereocenters. The average molecular weight is 358 g/mol. The lowest BCUT2D eigenvalue weighted by Gasteiger charge is -2.28. The molecular formula is C17H18N4O3S. The van der Waals surface area contributed by atoms with E-state index in [2.05, 4.69) is 10.3 Å². The second-order valence-corrected chi connectivity index (χ2v) is 6.57. The Hall–Kier alpha value is -2.87. The van der Waals surface area contributed by atoms with Crippen LogP contribution in [-0.2, 0) is 9.53 Å². The Morgan fingerprint density at radius 3 is 2.64 bits per heavy atom. The number of pyridine rings is 1. The van der Waals surface area contributed by atoms with Crippen LogP contribution in [0.25, 0.3) is 0 Å². The third-order valence-electron chi connectivity index (χ3n) is 4.02. The summed E-state index contributed by atoms with van der Waals surface area (Å²) in [5, 5.41) is 3.87. The van der Waals surface area contributed by atoms with Gasteiger partial charge < -0.3 is 21.5 Å². The first kappa shape index (κ1) is 17.0. The Morgan fingerprint density at radius 2 is 2.04 bits per heavy atom. The minimum atomic E-state index is -0.595. The van der Waals surface area contributed by atoms with Crippen molar-refractivity contribution in [2.24, 2.45) is 5.73 Å². The smallest absolute Gasteiger partial charge is 0.336 e. The Labute approximate surface area is 148 Å². The number of anilines is 2. The van der Waals surface area contributed by atoms with Gasteiger partial charge in [0.05, 0.1) is 22.9 Å². The van der Waals surface area contributed by atoms with Crippen LogP contribution in [0.3, 0.4) is 0 Å². The van der Waals surface area contributed by atoms with Crippen LogP contribution < -0.4 is 16.8 Å². The van der Waals surface area contributed by atoms with Crippen LogP contribution in [0.15, 0.2) is 35.8 Å². The highest BCUT2D eigenvalue weighted by molar-refractivity contribution is 7.18.